The lowest BCUT2D eigenvalue weighted by Crippen LogP contribution is -2.54. The topological polar surface area (TPSA) is 52.6 Å². The van der Waals surface area contributed by atoms with Gasteiger partial charge in [-0.25, -0.2) is 0 Å². The van der Waals surface area contributed by atoms with Crippen LogP contribution in [0.5, 0.6) is 0 Å². The summed E-state index contributed by atoms with van der Waals surface area (Å²) in [6.45, 7) is 14.9. The molecule has 0 amide bonds. The summed E-state index contributed by atoms with van der Waals surface area (Å²) in [7, 11) is -0.742. The number of carbonyl (C=O) groups is 2. The first-order chi connectivity index (χ1) is 10.4. The average molecular weight is 341 g/mol. The van der Waals surface area contributed by atoms with Crippen LogP contribution in [0.25, 0.3) is 0 Å². The van der Waals surface area contributed by atoms with Crippen LogP contribution in [0.1, 0.15) is 53.9 Å². The van der Waals surface area contributed by atoms with Crippen molar-refractivity contribution in [1.29, 1.82) is 0 Å². The molecule has 0 aromatic rings. The summed E-state index contributed by atoms with van der Waals surface area (Å²) in [5.74, 6) is -0.941. The Kier molecular flexibility index (Phi) is 6.02. The van der Waals surface area contributed by atoms with Crippen molar-refractivity contribution < 1.29 is 18.8 Å². The van der Waals surface area contributed by atoms with Crippen LogP contribution in [0.4, 0.5) is 0 Å². The second-order valence-electron chi connectivity index (χ2n) is 8.12. The van der Waals surface area contributed by atoms with Gasteiger partial charge in [-0.05, 0) is 43.5 Å². The Morgan fingerprint density at radius 1 is 1.35 bits per heavy atom. The van der Waals surface area contributed by atoms with Gasteiger partial charge in [-0.2, -0.15) is 0 Å². The Hall–Kier alpha value is -0.943. The van der Waals surface area contributed by atoms with Crippen LogP contribution >= 0.6 is 0 Å². The van der Waals surface area contributed by atoms with Gasteiger partial charge < -0.3 is 9.16 Å². The minimum Gasteiger partial charge on any atom is -0.469 e. The Balaban J connectivity index is 3.12. The Bertz CT molecular complexity index is 502. The number of esters is 1. The minimum absolute atomic E-state index is 0.0635. The van der Waals surface area contributed by atoms with E-state index in [0.717, 1.165) is 18.4 Å². The van der Waals surface area contributed by atoms with Crippen LogP contribution < -0.4 is 0 Å². The minimum atomic E-state index is -2.05. The third-order valence-electron chi connectivity index (χ3n) is 5.61. The van der Waals surface area contributed by atoms with Gasteiger partial charge in [0, 0.05) is 5.92 Å². The van der Waals surface area contributed by atoms with Gasteiger partial charge in [0.25, 0.3) is 0 Å². The summed E-state index contributed by atoms with van der Waals surface area (Å²) in [5.41, 5.74) is 0.543. The standard InChI is InChI=1S/C18H32O4Si/c1-13-10-9-11-18(13,22-23(7,8)17(3,4)5)14(2)15(19)12-16(20)21-6/h10,14H,9,11-12H2,1-8H3/t14-,18+/m1/s1. The fourth-order valence-electron chi connectivity index (χ4n) is 2.89. The van der Waals surface area contributed by atoms with Crippen LogP contribution in [0.15, 0.2) is 11.6 Å². The van der Waals surface area contributed by atoms with Crippen LogP contribution in [0, 0.1) is 5.92 Å². The molecule has 0 fully saturated rings. The second-order valence-corrected chi connectivity index (χ2v) is 12.8. The zero-order valence-electron chi connectivity index (χ0n) is 15.9. The van der Waals surface area contributed by atoms with E-state index in [1.54, 1.807) is 0 Å². The molecular weight excluding hydrogens is 308 g/mol. The number of hydrogen-bond acceptors (Lipinski definition) is 4. The van der Waals surface area contributed by atoms with E-state index in [2.05, 4.69) is 44.7 Å². The summed E-state index contributed by atoms with van der Waals surface area (Å²) in [5, 5.41) is 0.0635. The molecule has 0 aliphatic heterocycles. The molecule has 0 radical (unpaired) electrons. The highest BCUT2D eigenvalue weighted by atomic mass is 28.4. The van der Waals surface area contributed by atoms with Crippen molar-refractivity contribution in [3.63, 3.8) is 0 Å². The van der Waals surface area contributed by atoms with E-state index in [-0.39, 0.29) is 23.2 Å². The molecule has 0 aromatic heterocycles. The molecule has 1 rings (SSSR count). The predicted octanol–water partition coefficient (Wildman–Crippen LogP) is 4.26. The summed E-state index contributed by atoms with van der Waals surface area (Å²) in [4.78, 5) is 24.1. The van der Waals surface area contributed by atoms with Gasteiger partial charge in [-0.1, -0.05) is 33.8 Å². The van der Waals surface area contributed by atoms with Crippen molar-refractivity contribution in [3.8, 4) is 0 Å². The van der Waals surface area contributed by atoms with Gasteiger partial charge >= 0.3 is 5.97 Å². The van der Waals surface area contributed by atoms with E-state index in [4.69, 9.17) is 4.43 Å². The maximum absolute atomic E-state index is 12.6. The van der Waals surface area contributed by atoms with Crippen molar-refractivity contribution >= 4 is 20.1 Å². The molecule has 0 aromatic carbocycles. The number of ether oxygens (including phenoxy) is 1. The first-order valence-corrected chi connectivity index (χ1v) is 11.2. The van der Waals surface area contributed by atoms with Gasteiger partial charge in [0.15, 0.2) is 8.32 Å². The maximum atomic E-state index is 12.6. The molecule has 23 heavy (non-hydrogen) atoms. The molecule has 4 nitrogen and oxygen atoms in total. The van der Waals surface area contributed by atoms with E-state index >= 15 is 0 Å². The molecule has 1 aliphatic rings. The van der Waals surface area contributed by atoms with Gasteiger partial charge in [0.05, 0.1) is 12.7 Å². The van der Waals surface area contributed by atoms with Gasteiger partial charge in [-0.15, -0.1) is 0 Å². The van der Waals surface area contributed by atoms with Gasteiger partial charge in [0.2, 0.25) is 0 Å². The smallest absolute Gasteiger partial charge is 0.313 e. The molecular formula is C18H32O4Si. The van der Waals surface area contributed by atoms with E-state index in [9.17, 15) is 9.59 Å². The van der Waals surface area contributed by atoms with Crippen molar-refractivity contribution in [2.45, 2.75) is 77.6 Å². The number of allylic oxidation sites excluding steroid dienone is 1. The third-order valence-corrected chi connectivity index (χ3v) is 10.1. The molecule has 0 saturated heterocycles. The molecule has 0 spiro atoms. The quantitative estimate of drug-likeness (QED) is 0.314. The van der Waals surface area contributed by atoms with Crippen LogP contribution in [0.3, 0.4) is 0 Å². The highest BCUT2D eigenvalue weighted by molar-refractivity contribution is 6.74. The van der Waals surface area contributed by atoms with Crippen LogP contribution in [-0.2, 0) is 18.8 Å². The van der Waals surface area contributed by atoms with Crippen molar-refractivity contribution in [2.24, 2.45) is 5.92 Å². The van der Waals surface area contributed by atoms with E-state index in [1.807, 2.05) is 13.8 Å². The number of hydrogen-bond donors (Lipinski definition) is 0. The largest absolute Gasteiger partial charge is 0.469 e. The monoisotopic (exact) mass is 340 g/mol. The van der Waals surface area contributed by atoms with Gasteiger partial charge in [0.1, 0.15) is 12.2 Å². The lowest BCUT2D eigenvalue weighted by Gasteiger charge is -2.47. The normalized spacial score (nSPS) is 23.4. The number of carbonyl (C=O) groups excluding carboxylic acids is 2. The number of ketones is 1. The summed E-state index contributed by atoms with van der Waals surface area (Å²) >= 11 is 0. The van der Waals surface area contributed by atoms with Crippen molar-refractivity contribution in [2.75, 3.05) is 7.11 Å². The van der Waals surface area contributed by atoms with Crippen LogP contribution in [0.2, 0.25) is 18.1 Å². The first kappa shape index (κ1) is 20.1. The summed E-state index contributed by atoms with van der Waals surface area (Å²) < 4.78 is 11.4. The van der Waals surface area contributed by atoms with Crippen LogP contribution in [-0.4, -0.2) is 32.8 Å². The molecule has 1 aliphatic carbocycles. The zero-order valence-corrected chi connectivity index (χ0v) is 16.9. The van der Waals surface area contributed by atoms with E-state index < -0.39 is 19.9 Å². The summed E-state index contributed by atoms with van der Waals surface area (Å²) in [6, 6.07) is 0. The first-order valence-electron chi connectivity index (χ1n) is 8.34. The molecule has 0 heterocycles. The third kappa shape index (κ3) is 4.12. The fourth-order valence-corrected chi connectivity index (χ4v) is 4.54. The number of rotatable bonds is 6. The SMILES string of the molecule is COC(=O)CC(=O)[C@@H](C)[C@]1(O[Si](C)(C)C(C)(C)C)CCC=C1C. The molecule has 2 atom stereocenters. The summed E-state index contributed by atoms with van der Waals surface area (Å²) in [6.07, 6.45) is 3.69. The molecule has 0 unspecified atom stereocenters. The molecule has 0 saturated carbocycles. The average Bonchev–Trinajstić information content (AvgIpc) is 2.78. The highest BCUT2D eigenvalue weighted by Crippen LogP contribution is 2.47. The second kappa shape index (κ2) is 6.89. The molecule has 132 valence electrons. The van der Waals surface area contributed by atoms with Crippen molar-refractivity contribution in [3.05, 3.63) is 11.6 Å². The number of methoxy groups -OCH3 is 1. The molecule has 0 bridgehead atoms. The Labute approximate surface area is 141 Å². The van der Waals surface area contributed by atoms with Crippen molar-refractivity contribution in [1.82, 2.24) is 0 Å². The molecule has 0 N–H and O–H groups in total. The lowest BCUT2D eigenvalue weighted by atomic mass is 9.80. The Morgan fingerprint density at radius 2 is 1.91 bits per heavy atom. The van der Waals surface area contributed by atoms with E-state index in [1.165, 1.54) is 7.11 Å². The van der Waals surface area contributed by atoms with E-state index in [0.29, 0.717) is 0 Å². The highest BCUT2D eigenvalue weighted by Gasteiger charge is 2.51. The molecule has 5 heteroatoms. The predicted molar refractivity (Wildman–Crippen MR) is 94.8 cm³/mol. The maximum Gasteiger partial charge on any atom is 0.313 e. The Morgan fingerprint density at radius 3 is 2.30 bits per heavy atom. The zero-order chi connectivity index (χ0) is 18.1. The number of Topliss-reactive ketones (excluding diaryl/α,β-unsaturated/α-hetero) is 1. The lowest BCUT2D eigenvalue weighted by molar-refractivity contribution is -0.145. The fraction of sp³-hybridized carbons (Fsp3) is 0.778. The van der Waals surface area contributed by atoms with Gasteiger partial charge in [-0.3, -0.25) is 9.59 Å².